The predicted molar refractivity (Wildman–Crippen MR) is 83.4 cm³/mol. The number of aryl methyl sites for hydroxylation is 1. The lowest BCUT2D eigenvalue weighted by atomic mass is 9.92. The van der Waals surface area contributed by atoms with E-state index >= 15 is 0 Å². The van der Waals surface area contributed by atoms with Crippen molar-refractivity contribution in [3.05, 3.63) is 51.7 Å². The number of rotatable bonds is 6. The fraction of sp³-hybridized carbons (Fsp3) is 0.375. The Morgan fingerprint density at radius 3 is 2.40 bits per heavy atom. The number of aliphatic hydroxyl groups excluding tert-OH is 1. The Labute approximate surface area is 124 Å². The number of ether oxygens (including phenoxy) is 1. The van der Waals surface area contributed by atoms with E-state index in [1.54, 1.807) is 18.4 Å². The smallest absolute Gasteiger partial charge is 0.118 e. The van der Waals surface area contributed by atoms with E-state index in [9.17, 15) is 5.11 Å². The first-order valence-electron chi connectivity index (χ1n) is 6.80. The molecule has 0 saturated carbocycles. The second-order valence-corrected chi connectivity index (χ2v) is 5.92. The van der Waals surface area contributed by atoms with Gasteiger partial charge in [0.2, 0.25) is 0 Å². The zero-order valence-corrected chi connectivity index (χ0v) is 12.7. The van der Waals surface area contributed by atoms with Gasteiger partial charge in [-0.15, -0.1) is 11.3 Å². The quantitative estimate of drug-likeness (QED) is 0.860. The lowest BCUT2D eigenvalue weighted by molar-refractivity contribution is 0.151. The van der Waals surface area contributed by atoms with Gasteiger partial charge in [-0.25, -0.2) is 0 Å². The monoisotopic (exact) mass is 291 g/mol. The van der Waals surface area contributed by atoms with E-state index in [1.807, 2.05) is 30.3 Å². The molecule has 0 bridgehead atoms. The first-order chi connectivity index (χ1) is 9.69. The van der Waals surface area contributed by atoms with Crippen LogP contribution in [0.15, 0.2) is 36.4 Å². The van der Waals surface area contributed by atoms with Gasteiger partial charge in [-0.3, -0.25) is 0 Å². The average molecular weight is 291 g/mol. The maximum absolute atomic E-state index is 10.6. The molecule has 0 saturated heterocycles. The van der Waals surface area contributed by atoms with E-state index in [1.165, 1.54) is 4.88 Å². The van der Waals surface area contributed by atoms with Crippen LogP contribution in [0, 0.1) is 0 Å². The van der Waals surface area contributed by atoms with Gasteiger partial charge >= 0.3 is 0 Å². The zero-order chi connectivity index (χ0) is 14.5. The Hall–Kier alpha value is -1.36. The summed E-state index contributed by atoms with van der Waals surface area (Å²) in [5, 5.41) is 10.6. The minimum Gasteiger partial charge on any atom is -0.497 e. The van der Waals surface area contributed by atoms with Gasteiger partial charge < -0.3 is 15.6 Å². The van der Waals surface area contributed by atoms with E-state index in [0.29, 0.717) is 6.54 Å². The van der Waals surface area contributed by atoms with Crippen LogP contribution < -0.4 is 10.5 Å². The minimum absolute atomic E-state index is 0.0933. The molecule has 0 amide bonds. The standard InChI is InChI=1S/C16H21NO2S/c1-3-13-8-9-15(20-13)16(18)14(10-17)11-4-6-12(19-2)7-5-11/h4-9,14,16,18H,3,10,17H2,1-2H3. The maximum atomic E-state index is 10.6. The van der Waals surface area contributed by atoms with Crippen molar-refractivity contribution in [1.82, 2.24) is 0 Å². The van der Waals surface area contributed by atoms with Crippen LogP contribution in [0.4, 0.5) is 0 Å². The van der Waals surface area contributed by atoms with Crippen molar-refractivity contribution in [2.45, 2.75) is 25.4 Å². The first kappa shape index (κ1) is 15.0. The average Bonchev–Trinajstić information content (AvgIpc) is 2.97. The molecule has 2 rings (SSSR count). The molecule has 2 unspecified atom stereocenters. The SMILES string of the molecule is CCc1ccc(C(O)C(CN)c2ccc(OC)cc2)s1. The number of benzene rings is 1. The van der Waals surface area contributed by atoms with Gasteiger partial charge in [-0.1, -0.05) is 19.1 Å². The highest BCUT2D eigenvalue weighted by atomic mass is 32.1. The molecule has 0 aliphatic rings. The molecule has 1 heterocycles. The number of nitrogens with two attached hydrogens (primary N) is 1. The Morgan fingerprint density at radius 2 is 1.90 bits per heavy atom. The molecule has 3 nitrogen and oxygen atoms in total. The lowest BCUT2D eigenvalue weighted by Gasteiger charge is -2.21. The molecule has 4 heteroatoms. The Morgan fingerprint density at radius 1 is 1.20 bits per heavy atom. The third-order valence-electron chi connectivity index (χ3n) is 3.50. The van der Waals surface area contributed by atoms with Crippen LogP contribution in [-0.2, 0) is 6.42 Å². The number of methoxy groups -OCH3 is 1. The molecule has 2 atom stereocenters. The summed E-state index contributed by atoms with van der Waals surface area (Å²) in [6, 6.07) is 11.8. The first-order valence-corrected chi connectivity index (χ1v) is 7.62. The lowest BCUT2D eigenvalue weighted by Crippen LogP contribution is -2.19. The second-order valence-electron chi connectivity index (χ2n) is 4.72. The Balaban J connectivity index is 2.21. The van der Waals surface area contributed by atoms with Gasteiger partial charge in [0, 0.05) is 22.2 Å². The molecular weight excluding hydrogens is 270 g/mol. The van der Waals surface area contributed by atoms with Crippen molar-refractivity contribution < 1.29 is 9.84 Å². The number of hydrogen-bond acceptors (Lipinski definition) is 4. The highest BCUT2D eigenvalue weighted by Gasteiger charge is 2.22. The van der Waals surface area contributed by atoms with Crippen LogP contribution in [0.1, 0.15) is 34.3 Å². The molecule has 0 aliphatic carbocycles. The van der Waals surface area contributed by atoms with Gasteiger partial charge in [0.05, 0.1) is 13.2 Å². The van der Waals surface area contributed by atoms with Gasteiger partial charge in [-0.05, 0) is 36.2 Å². The summed E-state index contributed by atoms with van der Waals surface area (Å²) in [5.41, 5.74) is 6.90. The van der Waals surface area contributed by atoms with Crippen molar-refractivity contribution in [3.63, 3.8) is 0 Å². The minimum atomic E-state index is -0.557. The summed E-state index contributed by atoms with van der Waals surface area (Å²) in [6.45, 7) is 2.53. The van der Waals surface area contributed by atoms with Crippen molar-refractivity contribution in [2.75, 3.05) is 13.7 Å². The van der Waals surface area contributed by atoms with Crippen molar-refractivity contribution in [1.29, 1.82) is 0 Å². The molecule has 3 N–H and O–H groups in total. The number of thiophene rings is 1. The largest absolute Gasteiger partial charge is 0.497 e. The fourth-order valence-corrected chi connectivity index (χ4v) is 3.24. The van der Waals surface area contributed by atoms with Gasteiger partial charge in [0.25, 0.3) is 0 Å². The molecule has 0 aliphatic heterocycles. The van der Waals surface area contributed by atoms with Crippen molar-refractivity contribution in [2.24, 2.45) is 5.73 Å². The topological polar surface area (TPSA) is 55.5 Å². The third kappa shape index (κ3) is 3.20. The molecule has 0 radical (unpaired) electrons. The summed E-state index contributed by atoms with van der Waals surface area (Å²) in [4.78, 5) is 2.26. The zero-order valence-electron chi connectivity index (χ0n) is 11.9. The third-order valence-corrected chi connectivity index (χ3v) is 4.80. The molecule has 108 valence electrons. The molecule has 2 aromatic rings. The predicted octanol–water partition coefficient (Wildman–Crippen LogP) is 3.10. The summed E-state index contributed by atoms with van der Waals surface area (Å²) < 4.78 is 5.15. The summed E-state index contributed by atoms with van der Waals surface area (Å²) >= 11 is 1.66. The van der Waals surface area contributed by atoms with Gasteiger partial charge in [0.1, 0.15) is 5.75 Å². The van der Waals surface area contributed by atoms with Gasteiger partial charge in [-0.2, -0.15) is 0 Å². The maximum Gasteiger partial charge on any atom is 0.118 e. The van der Waals surface area contributed by atoms with Crippen LogP contribution in [0.3, 0.4) is 0 Å². The fourth-order valence-electron chi connectivity index (χ4n) is 2.24. The van der Waals surface area contributed by atoms with E-state index in [4.69, 9.17) is 10.5 Å². The Kier molecular flexibility index (Phi) is 5.17. The van der Waals surface area contributed by atoms with Gasteiger partial charge in [0.15, 0.2) is 0 Å². The Bertz CT molecular complexity index is 536. The van der Waals surface area contributed by atoms with Crippen LogP contribution in [0.25, 0.3) is 0 Å². The van der Waals surface area contributed by atoms with Crippen LogP contribution in [0.5, 0.6) is 5.75 Å². The van der Waals surface area contributed by atoms with E-state index in [2.05, 4.69) is 13.0 Å². The number of hydrogen-bond donors (Lipinski definition) is 2. The van der Waals surface area contributed by atoms with Crippen LogP contribution in [0.2, 0.25) is 0 Å². The molecule has 0 spiro atoms. The molecule has 20 heavy (non-hydrogen) atoms. The highest BCUT2D eigenvalue weighted by Crippen LogP contribution is 2.34. The summed E-state index contributed by atoms with van der Waals surface area (Å²) in [6.07, 6.45) is 0.437. The number of aliphatic hydroxyl groups is 1. The summed E-state index contributed by atoms with van der Waals surface area (Å²) in [7, 11) is 1.64. The van der Waals surface area contributed by atoms with Crippen LogP contribution >= 0.6 is 11.3 Å². The highest BCUT2D eigenvalue weighted by molar-refractivity contribution is 7.12. The van der Waals surface area contributed by atoms with Crippen LogP contribution in [-0.4, -0.2) is 18.8 Å². The normalized spacial score (nSPS) is 14.0. The molecule has 1 aromatic heterocycles. The van der Waals surface area contributed by atoms with E-state index < -0.39 is 6.10 Å². The van der Waals surface area contributed by atoms with E-state index in [0.717, 1.165) is 22.6 Å². The van der Waals surface area contributed by atoms with Crippen molar-refractivity contribution >= 4 is 11.3 Å². The molecular formula is C16H21NO2S. The molecule has 1 aromatic carbocycles. The van der Waals surface area contributed by atoms with Crippen molar-refractivity contribution in [3.8, 4) is 5.75 Å². The molecule has 0 fully saturated rings. The van der Waals surface area contributed by atoms with E-state index in [-0.39, 0.29) is 5.92 Å². The summed E-state index contributed by atoms with van der Waals surface area (Å²) in [5.74, 6) is 0.715. The second kappa shape index (κ2) is 6.88.